The Labute approximate surface area is 121 Å². The monoisotopic (exact) mass is 294 g/mol. The quantitative estimate of drug-likeness (QED) is 0.678. The predicted molar refractivity (Wildman–Crippen MR) is 77.7 cm³/mol. The third-order valence-corrected chi connectivity index (χ3v) is 3.80. The molecule has 0 aliphatic rings. The molecule has 0 spiro atoms. The van der Waals surface area contributed by atoms with Gasteiger partial charge in [0.1, 0.15) is 5.82 Å². The molecule has 6 heteroatoms. The van der Waals surface area contributed by atoms with Crippen LogP contribution >= 0.6 is 11.8 Å². The van der Waals surface area contributed by atoms with Crippen LogP contribution in [0.1, 0.15) is 5.69 Å². The van der Waals surface area contributed by atoms with Crippen molar-refractivity contribution in [2.75, 3.05) is 20.0 Å². The van der Waals surface area contributed by atoms with Gasteiger partial charge in [-0.05, 0) is 18.2 Å². The number of aromatic nitrogens is 1. The molecular formula is C14H15FN2O2S. The first-order chi connectivity index (χ1) is 9.65. The number of thioether (sulfide) groups is 1. The maximum atomic E-state index is 13.0. The highest BCUT2D eigenvalue weighted by Crippen LogP contribution is 2.34. The molecule has 4 nitrogen and oxygen atoms in total. The number of nitrogen functional groups attached to an aromatic ring is 1. The van der Waals surface area contributed by atoms with E-state index in [1.807, 2.05) is 0 Å². The molecule has 1 aromatic heterocycles. The standard InChI is InChI=1S/C14H15FN2O2S/c1-18-12-5-6-17-11(14(12)19-2)8-20-13-4-3-9(15)7-10(13)16/h3-7H,8,16H2,1-2H3. The third kappa shape index (κ3) is 3.14. The fourth-order valence-electron chi connectivity index (χ4n) is 1.75. The van der Waals surface area contributed by atoms with Crippen LogP contribution in [0.15, 0.2) is 35.4 Å². The summed E-state index contributed by atoms with van der Waals surface area (Å²) in [7, 11) is 3.15. The van der Waals surface area contributed by atoms with E-state index in [2.05, 4.69) is 4.98 Å². The molecule has 0 bridgehead atoms. The van der Waals surface area contributed by atoms with Crippen molar-refractivity contribution in [1.29, 1.82) is 0 Å². The van der Waals surface area contributed by atoms with Gasteiger partial charge in [-0.3, -0.25) is 4.98 Å². The second kappa shape index (κ2) is 6.47. The van der Waals surface area contributed by atoms with Crippen LogP contribution < -0.4 is 15.2 Å². The zero-order valence-corrected chi connectivity index (χ0v) is 12.0. The fourth-order valence-corrected chi connectivity index (χ4v) is 2.64. The Hall–Kier alpha value is -1.95. The zero-order chi connectivity index (χ0) is 14.5. The molecular weight excluding hydrogens is 279 g/mol. The van der Waals surface area contributed by atoms with E-state index in [4.69, 9.17) is 15.2 Å². The Morgan fingerprint density at radius 3 is 2.70 bits per heavy atom. The topological polar surface area (TPSA) is 57.4 Å². The number of rotatable bonds is 5. The lowest BCUT2D eigenvalue weighted by Gasteiger charge is -2.11. The highest BCUT2D eigenvalue weighted by Gasteiger charge is 2.12. The number of methoxy groups -OCH3 is 2. The summed E-state index contributed by atoms with van der Waals surface area (Å²) in [5.74, 6) is 1.44. The van der Waals surface area contributed by atoms with Gasteiger partial charge in [0.2, 0.25) is 0 Å². The lowest BCUT2D eigenvalue weighted by Crippen LogP contribution is -1.98. The molecule has 0 unspecified atom stereocenters. The second-order valence-corrected chi connectivity index (χ2v) is 4.98. The maximum absolute atomic E-state index is 13.0. The third-order valence-electron chi connectivity index (χ3n) is 2.70. The van der Waals surface area contributed by atoms with Crippen molar-refractivity contribution in [2.24, 2.45) is 0 Å². The number of hydrogen-bond donors (Lipinski definition) is 1. The number of hydrogen-bond acceptors (Lipinski definition) is 5. The average molecular weight is 294 g/mol. The van der Waals surface area contributed by atoms with Gasteiger partial charge in [-0.25, -0.2) is 4.39 Å². The molecule has 0 atom stereocenters. The summed E-state index contributed by atoms with van der Waals surface area (Å²) in [5, 5.41) is 0. The number of nitrogens with zero attached hydrogens (tertiary/aromatic N) is 1. The van der Waals surface area contributed by atoms with E-state index in [0.29, 0.717) is 22.9 Å². The molecule has 1 heterocycles. The van der Waals surface area contributed by atoms with Crippen LogP contribution in [-0.4, -0.2) is 19.2 Å². The van der Waals surface area contributed by atoms with Crippen LogP contribution in [0, 0.1) is 5.82 Å². The van der Waals surface area contributed by atoms with E-state index in [1.165, 1.54) is 23.9 Å². The Morgan fingerprint density at radius 2 is 2.05 bits per heavy atom. The molecule has 1 aromatic carbocycles. The van der Waals surface area contributed by atoms with Crippen LogP contribution in [0.3, 0.4) is 0 Å². The van der Waals surface area contributed by atoms with Gasteiger partial charge in [-0.15, -0.1) is 11.8 Å². The fraction of sp³-hybridized carbons (Fsp3) is 0.214. The molecule has 0 amide bonds. The van der Waals surface area contributed by atoms with E-state index in [1.54, 1.807) is 32.5 Å². The van der Waals surface area contributed by atoms with Gasteiger partial charge >= 0.3 is 0 Å². The van der Waals surface area contributed by atoms with E-state index >= 15 is 0 Å². The van der Waals surface area contributed by atoms with Crippen molar-refractivity contribution in [3.8, 4) is 11.5 Å². The Bertz CT molecular complexity index is 608. The molecule has 0 aliphatic heterocycles. The minimum absolute atomic E-state index is 0.344. The summed E-state index contributed by atoms with van der Waals surface area (Å²) in [6, 6.07) is 6.08. The van der Waals surface area contributed by atoms with Crippen molar-refractivity contribution in [3.63, 3.8) is 0 Å². The van der Waals surface area contributed by atoms with Crippen LogP contribution in [0.25, 0.3) is 0 Å². The molecule has 0 saturated heterocycles. The van der Waals surface area contributed by atoms with E-state index in [9.17, 15) is 4.39 Å². The Morgan fingerprint density at radius 1 is 1.25 bits per heavy atom. The number of nitrogens with two attached hydrogens (primary N) is 1. The number of ether oxygens (including phenoxy) is 2. The Kier molecular flexibility index (Phi) is 4.68. The first-order valence-electron chi connectivity index (χ1n) is 5.89. The minimum atomic E-state index is -0.344. The van der Waals surface area contributed by atoms with E-state index in [0.717, 1.165) is 10.6 Å². The van der Waals surface area contributed by atoms with Crippen LogP contribution in [0.5, 0.6) is 11.5 Å². The molecule has 2 N–H and O–H groups in total. The largest absolute Gasteiger partial charge is 0.493 e. The lowest BCUT2D eigenvalue weighted by atomic mass is 10.3. The van der Waals surface area contributed by atoms with Crippen LogP contribution in [-0.2, 0) is 5.75 Å². The average Bonchev–Trinajstić information content (AvgIpc) is 2.45. The zero-order valence-electron chi connectivity index (χ0n) is 11.2. The SMILES string of the molecule is COc1ccnc(CSc2ccc(F)cc2N)c1OC. The normalized spacial score (nSPS) is 10.3. The summed E-state index contributed by atoms with van der Waals surface area (Å²) in [4.78, 5) is 5.08. The lowest BCUT2D eigenvalue weighted by molar-refractivity contribution is 0.350. The molecule has 0 saturated carbocycles. The van der Waals surface area contributed by atoms with Gasteiger partial charge in [-0.2, -0.15) is 0 Å². The number of halogens is 1. The summed E-state index contributed by atoms with van der Waals surface area (Å²) in [6.45, 7) is 0. The van der Waals surface area contributed by atoms with Crippen LogP contribution in [0.4, 0.5) is 10.1 Å². The highest BCUT2D eigenvalue weighted by molar-refractivity contribution is 7.98. The molecule has 0 aliphatic carbocycles. The molecule has 0 radical (unpaired) electrons. The van der Waals surface area contributed by atoms with Crippen LogP contribution in [0.2, 0.25) is 0 Å². The Balaban J connectivity index is 2.18. The van der Waals surface area contributed by atoms with Crippen molar-refractivity contribution in [2.45, 2.75) is 10.6 Å². The smallest absolute Gasteiger partial charge is 0.183 e. The van der Waals surface area contributed by atoms with Crippen molar-refractivity contribution in [3.05, 3.63) is 42.0 Å². The second-order valence-electron chi connectivity index (χ2n) is 3.96. The number of anilines is 1. The van der Waals surface area contributed by atoms with Gasteiger partial charge in [0.25, 0.3) is 0 Å². The highest BCUT2D eigenvalue weighted by atomic mass is 32.2. The van der Waals surface area contributed by atoms with E-state index < -0.39 is 0 Å². The van der Waals surface area contributed by atoms with Crippen molar-refractivity contribution in [1.82, 2.24) is 4.98 Å². The summed E-state index contributed by atoms with van der Waals surface area (Å²) < 4.78 is 23.5. The van der Waals surface area contributed by atoms with Crippen molar-refractivity contribution < 1.29 is 13.9 Å². The predicted octanol–water partition coefficient (Wildman–Crippen LogP) is 3.11. The van der Waals surface area contributed by atoms with Gasteiger partial charge < -0.3 is 15.2 Å². The summed E-state index contributed by atoms with van der Waals surface area (Å²) in [6.07, 6.45) is 1.66. The molecule has 106 valence electrons. The number of pyridine rings is 1. The van der Waals surface area contributed by atoms with E-state index in [-0.39, 0.29) is 5.82 Å². The summed E-state index contributed by atoms with van der Waals surface area (Å²) in [5.41, 5.74) is 6.94. The van der Waals surface area contributed by atoms with Gasteiger partial charge in [0.15, 0.2) is 11.5 Å². The molecule has 0 fully saturated rings. The molecule has 2 rings (SSSR count). The minimum Gasteiger partial charge on any atom is -0.493 e. The molecule has 20 heavy (non-hydrogen) atoms. The van der Waals surface area contributed by atoms with Crippen molar-refractivity contribution >= 4 is 17.4 Å². The summed E-state index contributed by atoms with van der Waals surface area (Å²) >= 11 is 1.47. The van der Waals surface area contributed by atoms with Gasteiger partial charge in [0, 0.05) is 28.6 Å². The van der Waals surface area contributed by atoms with Gasteiger partial charge in [0.05, 0.1) is 19.9 Å². The maximum Gasteiger partial charge on any atom is 0.183 e. The number of benzene rings is 1. The first kappa shape index (κ1) is 14.5. The molecule has 2 aromatic rings. The first-order valence-corrected chi connectivity index (χ1v) is 6.88. The van der Waals surface area contributed by atoms with Gasteiger partial charge in [-0.1, -0.05) is 0 Å².